The highest BCUT2D eigenvalue weighted by Crippen LogP contribution is 2.23. The Labute approximate surface area is 139 Å². The van der Waals surface area contributed by atoms with Gasteiger partial charge in [0.25, 0.3) is 5.91 Å². The summed E-state index contributed by atoms with van der Waals surface area (Å²) in [6.45, 7) is 1.71. The number of nitrogens with one attached hydrogen (secondary N) is 1. The van der Waals surface area contributed by atoms with Gasteiger partial charge >= 0.3 is 0 Å². The zero-order chi connectivity index (χ0) is 15.8. The van der Waals surface area contributed by atoms with Gasteiger partial charge in [-0.15, -0.1) is 0 Å². The molecule has 116 valence electrons. The van der Waals surface area contributed by atoms with Crippen LogP contribution in [0.4, 0.5) is 0 Å². The van der Waals surface area contributed by atoms with E-state index in [2.05, 4.69) is 9.97 Å². The molecule has 1 aliphatic heterocycles. The maximum atomic E-state index is 12.5. The van der Waals surface area contributed by atoms with Crippen molar-refractivity contribution in [3.8, 4) is 11.4 Å². The number of imidazole rings is 1. The number of hydrogen-bond donors (Lipinski definition) is 1. The van der Waals surface area contributed by atoms with E-state index in [9.17, 15) is 4.79 Å². The van der Waals surface area contributed by atoms with Crippen molar-refractivity contribution in [1.82, 2.24) is 14.9 Å². The van der Waals surface area contributed by atoms with E-state index in [0.29, 0.717) is 10.6 Å². The summed E-state index contributed by atoms with van der Waals surface area (Å²) in [6.07, 6.45) is 2.19. The molecule has 23 heavy (non-hydrogen) atoms. The molecular formula is C18H16ClN3O. The first-order chi connectivity index (χ1) is 11.2. The first-order valence-corrected chi connectivity index (χ1v) is 8.13. The van der Waals surface area contributed by atoms with Crippen molar-refractivity contribution in [2.75, 3.05) is 13.1 Å². The molecule has 1 fully saturated rings. The fraction of sp³-hybridized carbons (Fsp3) is 0.222. The highest BCUT2D eigenvalue weighted by Gasteiger charge is 2.20. The van der Waals surface area contributed by atoms with Crippen LogP contribution >= 0.6 is 11.6 Å². The van der Waals surface area contributed by atoms with Crippen molar-refractivity contribution in [2.45, 2.75) is 12.8 Å². The van der Waals surface area contributed by atoms with Crippen LogP contribution in [0.3, 0.4) is 0 Å². The molecule has 0 saturated carbocycles. The maximum absolute atomic E-state index is 12.5. The van der Waals surface area contributed by atoms with Crippen molar-refractivity contribution < 1.29 is 4.79 Å². The van der Waals surface area contributed by atoms with Crippen molar-refractivity contribution in [3.05, 3.63) is 53.1 Å². The Morgan fingerprint density at radius 3 is 2.57 bits per heavy atom. The standard InChI is InChI=1S/C18H16ClN3O/c19-14-6-3-12(4-7-14)17-20-15-8-5-13(11-16(15)21-17)18(23)22-9-1-2-10-22/h3-8,11H,1-2,9-10H2,(H,20,21). The largest absolute Gasteiger partial charge is 0.339 e. The summed E-state index contributed by atoms with van der Waals surface area (Å²) < 4.78 is 0. The second kappa shape index (κ2) is 5.70. The van der Waals surface area contributed by atoms with Gasteiger partial charge in [0, 0.05) is 29.2 Å². The summed E-state index contributed by atoms with van der Waals surface area (Å²) in [6, 6.07) is 13.2. The summed E-state index contributed by atoms with van der Waals surface area (Å²) in [5.74, 6) is 0.884. The monoisotopic (exact) mass is 325 g/mol. The van der Waals surface area contributed by atoms with Crippen LogP contribution in [0.15, 0.2) is 42.5 Å². The number of H-pyrrole nitrogens is 1. The van der Waals surface area contributed by atoms with E-state index >= 15 is 0 Å². The Morgan fingerprint density at radius 2 is 1.83 bits per heavy atom. The fourth-order valence-corrected chi connectivity index (χ4v) is 3.12. The number of amides is 1. The Kier molecular flexibility index (Phi) is 3.54. The molecule has 4 rings (SSSR count). The van der Waals surface area contributed by atoms with E-state index in [1.165, 1.54) is 0 Å². The molecular weight excluding hydrogens is 310 g/mol. The Balaban J connectivity index is 1.69. The van der Waals surface area contributed by atoms with Gasteiger partial charge in [-0.2, -0.15) is 0 Å². The van der Waals surface area contributed by atoms with E-state index in [1.54, 1.807) is 0 Å². The van der Waals surface area contributed by atoms with Crippen LogP contribution in [-0.2, 0) is 0 Å². The molecule has 0 atom stereocenters. The second-order valence-electron chi connectivity index (χ2n) is 5.82. The normalized spacial score (nSPS) is 14.6. The van der Waals surface area contributed by atoms with Crippen molar-refractivity contribution in [1.29, 1.82) is 0 Å². The van der Waals surface area contributed by atoms with Gasteiger partial charge < -0.3 is 9.88 Å². The lowest BCUT2D eigenvalue weighted by Gasteiger charge is -2.14. The number of rotatable bonds is 2. The molecule has 4 nitrogen and oxygen atoms in total. The first-order valence-electron chi connectivity index (χ1n) is 7.76. The lowest BCUT2D eigenvalue weighted by Crippen LogP contribution is -2.27. The SMILES string of the molecule is O=C(c1ccc2nc(-c3ccc(Cl)cc3)[nH]c2c1)N1CCCC1. The van der Waals surface area contributed by atoms with Gasteiger partial charge in [0.2, 0.25) is 0 Å². The van der Waals surface area contributed by atoms with E-state index < -0.39 is 0 Å². The van der Waals surface area contributed by atoms with Gasteiger partial charge in [-0.05, 0) is 55.3 Å². The number of likely N-dealkylation sites (tertiary alicyclic amines) is 1. The van der Waals surface area contributed by atoms with Crippen LogP contribution in [0.1, 0.15) is 23.2 Å². The molecule has 3 aromatic rings. The van der Waals surface area contributed by atoms with E-state index in [1.807, 2.05) is 47.4 Å². The van der Waals surface area contributed by atoms with Gasteiger partial charge in [0.15, 0.2) is 0 Å². The second-order valence-corrected chi connectivity index (χ2v) is 6.26. The number of aromatic nitrogens is 2. The molecule has 5 heteroatoms. The third-order valence-electron chi connectivity index (χ3n) is 4.24. The molecule has 0 unspecified atom stereocenters. The summed E-state index contributed by atoms with van der Waals surface area (Å²) in [4.78, 5) is 22.3. The summed E-state index contributed by atoms with van der Waals surface area (Å²) in [7, 11) is 0. The summed E-state index contributed by atoms with van der Waals surface area (Å²) in [5.41, 5.74) is 3.41. The van der Waals surface area contributed by atoms with Gasteiger partial charge in [0.1, 0.15) is 5.82 Å². The number of carbonyl (C=O) groups is 1. The van der Waals surface area contributed by atoms with Crippen LogP contribution in [0.2, 0.25) is 5.02 Å². The Hall–Kier alpha value is -2.33. The highest BCUT2D eigenvalue weighted by atomic mass is 35.5. The van der Waals surface area contributed by atoms with Gasteiger partial charge in [-0.3, -0.25) is 4.79 Å². The van der Waals surface area contributed by atoms with E-state index in [-0.39, 0.29) is 5.91 Å². The lowest BCUT2D eigenvalue weighted by atomic mass is 10.2. The summed E-state index contributed by atoms with van der Waals surface area (Å²) >= 11 is 5.92. The number of nitrogens with zero attached hydrogens (tertiary/aromatic N) is 2. The molecule has 1 N–H and O–H groups in total. The molecule has 2 heterocycles. The number of fused-ring (bicyclic) bond motifs is 1. The average Bonchev–Trinajstić information content (AvgIpc) is 3.23. The van der Waals surface area contributed by atoms with Crippen LogP contribution < -0.4 is 0 Å². The molecule has 1 aromatic heterocycles. The van der Waals surface area contributed by atoms with Crippen LogP contribution in [0.25, 0.3) is 22.4 Å². The molecule has 0 aliphatic carbocycles. The van der Waals surface area contributed by atoms with Gasteiger partial charge in [-0.25, -0.2) is 4.98 Å². The molecule has 0 radical (unpaired) electrons. The third kappa shape index (κ3) is 2.70. The maximum Gasteiger partial charge on any atom is 0.253 e. The minimum absolute atomic E-state index is 0.104. The number of halogens is 1. The number of carbonyl (C=O) groups excluding carboxylic acids is 1. The predicted molar refractivity (Wildman–Crippen MR) is 91.7 cm³/mol. The molecule has 0 bridgehead atoms. The van der Waals surface area contributed by atoms with Crippen molar-refractivity contribution >= 4 is 28.5 Å². The molecule has 1 aliphatic rings. The minimum Gasteiger partial charge on any atom is -0.339 e. The average molecular weight is 326 g/mol. The molecule has 0 spiro atoms. The van der Waals surface area contributed by atoms with Crippen molar-refractivity contribution in [3.63, 3.8) is 0 Å². The van der Waals surface area contributed by atoms with Crippen LogP contribution in [0, 0.1) is 0 Å². The molecule has 1 saturated heterocycles. The topological polar surface area (TPSA) is 49.0 Å². The lowest BCUT2D eigenvalue weighted by molar-refractivity contribution is 0.0793. The van der Waals surface area contributed by atoms with E-state index in [0.717, 1.165) is 48.4 Å². The molecule has 2 aromatic carbocycles. The van der Waals surface area contributed by atoms with Crippen molar-refractivity contribution in [2.24, 2.45) is 0 Å². The quantitative estimate of drug-likeness (QED) is 0.770. The Morgan fingerprint density at radius 1 is 1.09 bits per heavy atom. The zero-order valence-electron chi connectivity index (χ0n) is 12.6. The van der Waals surface area contributed by atoms with Crippen LogP contribution in [-0.4, -0.2) is 33.9 Å². The van der Waals surface area contributed by atoms with Gasteiger partial charge in [-0.1, -0.05) is 11.6 Å². The van der Waals surface area contributed by atoms with E-state index in [4.69, 9.17) is 11.6 Å². The fourth-order valence-electron chi connectivity index (χ4n) is 2.99. The smallest absolute Gasteiger partial charge is 0.253 e. The van der Waals surface area contributed by atoms with Gasteiger partial charge in [0.05, 0.1) is 11.0 Å². The Bertz CT molecular complexity index is 864. The highest BCUT2D eigenvalue weighted by molar-refractivity contribution is 6.30. The predicted octanol–water partition coefficient (Wildman–Crippen LogP) is 4.12. The first kappa shape index (κ1) is 14.3. The molecule has 1 amide bonds. The number of benzene rings is 2. The number of hydrogen-bond acceptors (Lipinski definition) is 2. The summed E-state index contributed by atoms with van der Waals surface area (Å²) in [5, 5.41) is 0.698. The van der Waals surface area contributed by atoms with Crippen LogP contribution in [0.5, 0.6) is 0 Å². The number of aromatic amines is 1. The minimum atomic E-state index is 0.104. The zero-order valence-corrected chi connectivity index (χ0v) is 13.3. The third-order valence-corrected chi connectivity index (χ3v) is 4.49.